The van der Waals surface area contributed by atoms with Gasteiger partial charge >= 0.3 is 0 Å². The van der Waals surface area contributed by atoms with Crippen molar-refractivity contribution in [3.63, 3.8) is 0 Å². The number of nitriles is 1. The highest BCUT2D eigenvalue weighted by Gasteiger charge is 2.38. The predicted octanol–water partition coefficient (Wildman–Crippen LogP) is 2.07. The minimum atomic E-state index is -0.223. The molecule has 7 heteroatoms. The second kappa shape index (κ2) is 8.29. The van der Waals surface area contributed by atoms with Crippen molar-refractivity contribution in [1.29, 1.82) is 5.26 Å². The average molecular weight is 410 g/mol. The molecular formula is C23H31N5O2. The molecule has 2 aliphatic heterocycles. The van der Waals surface area contributed by atoms with Crippen LogP contribution in [0.15, 0.2) is 23.0 Å². The van der Waals surface area contributed by atoms with Crippen LogP contribution in [0.2, 0.25) is 0 Å². The highest BCUT2D eigenvalue weighted by atomic mass is 16.5. The van der Waals surface area contributed by atoms with Crippen LogP contribution in [0.1, 0.15) is 24.8 Å². The third kappa shape index (κ3) is 3.55. The first-order valence-electron chi connectivity index (χ1n) is 10.7. The monoisotopic (exact) mass is 409 g/mol. The Bertz CT molecular complexity index is 1020. The molecule has 7 nitrogen and oxygen atoms in total. The Morgan fingerprint density at radius 3 is 2.70 bits per heavy atom. The van der Waals surface area contributed by atoms with Crippen molar-refractivity contribution >= 4 is 22.3 Å². The molecule has 2 saturated heterocycles. The van der Waals surface area contributed by atoms with Gasteiger partial charge in [0.05, 0.1) is 17.8 Å². The summed E-state index contributed by atoms with van der Waals surface area (Å²) in [5.74, 6) is 0. The van der Waals surface area contributed by atoms with Crippen LogP contribution in [-0.4, -0.2) is 58.1 Å². The van der Waals surface area contributed by atoms with Gasteiger partial charge in [0.1, 0.15) is 11.6 Å². The molecule has 4 rings (SSSR count). The van der Waals surface area contributed by atoms with E-state index in [4.69, 9.17) is 4.74 Å². The number of piperidine rings is 1. The summed E-state index contributed by atoms with van der Waals surface area (Å²) < 4.78 is 6.80. The van der Waals surface area contributed by atoms with E-state index in [1.165, 1.54) is 6.42 Å². The van der Waals surface area contributed by atoms with E-state index in [1.807, 2.05) is 13.1 Å². The Balaban J connectivity index is 1.76. The minimum Gasteiger partial charge on any atom is -0.383 e. The van der Waals surface area contributed by atoms with Gasteiger partial charge in [0.2, 0.25) is 0 Å². The van der Waals surface area contributed by atoms with Gasteiger partial charge in [0.25, 0.3) is 5.56 Å². The van der Waals surface area contributed by atoms with Crippen molar-refractivity contribution in [3.8, 4) is 6.07 Å². The standard InChI is InChI=1S/C23H31N5O2/c1-26(12-13-30-3)17-4-5-18-20(14-17)27(2)22(29)19(15-24)21(18)28-10-7-23(8-11-28)6-9-25-16-23/h4-5,14,25H,6-13,16H2,1-3H3. The van der Waals surface area contributed by atoms with Crippen LogP contribution in [0.25, 0.3) is 10.9 Å². The Morgan fingerprint density at radius 2 is 2.07 bits per heavy atom. The first kappa shape index (κ1) is 20.7. The summed E-state index contributed by atoms with van der Waals surface area (Å²) in [7, 11) is 5.46. The number of pyridine rings is 1. The highest BCUT2D eigenvalue weighted by Crippen LogP contribution is 2.40. The number of fused-ring (bicyclic) bond motifs is 1. The summed E-state index contributed by atoms with van der Waals surface area (Å²) in [5.41, 5.74) is 3.11. The third-order valence-electron chi connectivity index (χ3n) is 7.01. The number of nitrogens with one attached hydrogen (secondary N) is 1. The van der Waals surface area contributed by atoms with Gasteiger partial charge in [0, 0.05) is 58.5 Å². The van der Waals surface area contributed by atoms with Crippen LogP contribution < -0.4 is 20.7 Å². The number of anilines is 2. The molecule has 0 aliphatic carbocycles. The average Bonchev–Trinajstić information content (AvgIpc) is 3.22. The van der Waals surface area contributed by atoms with E-state index in [0.717, 1.165) is 67.8 Å². The molecular weight excluding hydrogens is 378 g/mol. The van der Waals surface area contributed by atoms with Crippen LogP contribution in [0.3, 0.4) is 0 Å². The number of ether oxygens (including phenoxy) is 1. The fourth-order valence-electron chi connectivity index (χ4n) is 4.96. The molecule has 1 spiro atoms. The molecule has 2 fully saturated rings. The smallest absolute Gasteiger partial charge is 0.270 e. The lowest BCUT2D eigenvalue weighted by Gasteiger charge is -2.40. The van der Waals surface area contributed by atoms with Crippen molar-refractivity contribution in [2.75, 3.05) is 63.3 Å². The molecule has 30 heavy (non-hydrogen) atoms. The molecule has 160 valence electrons. The molecule has 0 saturated carbocycles. The van der Waals surface area contributed by atoms with Gasteiger partial charge in [-0.2, -0.15) is 5.26 Å². The second-order valence-corrected chi connectivity index (χ2v) is 8.73. The molecule has 0 amide bonds. The molecule has 0 radical (unpaired) electrons. The fourth-order valence-corrected chi connectivity index (χ4v) is 4.96. The zero-order valence-electron chi connectivity index (χ0n) is 18.2. The van der Waals surface area contributed by atoms with Crippen LogP contribution in [0.5, 0.6) is 0 Å². The number of hydrogen-bond acceptors (Lipinski definition) is 6. The molecule has 3 heterocycles. The van der Waals surface area contributed by atoms with E-state index in [0.29, 0.717) is 12.0 Å². The van der Waals surface area contributed by atoms with Crippen LogP contribution in [0.4, 0.5) is 11.4 Å². The van der Waals surface area contributed by atoms with Gasteiger partial charge in [0.15, 0.2) is 0 Å². The zero-order valence-corrected chi connectivity index (χ0v) is 18.2. The number of aryl methyl sites for hydroxylation is 1. The summed E-state index contributed by atoms with van der Waals surface area (Å²) in [6.45, 7) is 5.35. The Kier molecular flexibility index (Phi) is 5.72. The Labute approximate surface area is 177 Å². The minimum absolute atomic E-state index is 0.223. The van der Waals surface area contributed by atoms with E-state index >= 15 is 0 Å². The predicted molar refractivity (Wildman–Crippen MR) is 120 cm³/mol. The first-order chi connectivity index (χ1) is 14.5. The normalized spacial score (nSPS) is 18.1. The maximum Gasteiger partial charge on any atom is 0.270 e. The molecule has 2 aliphatic rings. The van der Waals surface area contributed by atoms with E-state index in [2.05, 4.69) is 33.3 Å². The van der Waals surface area contributed by atoms with Crippen molar-refractivity contribution in [2.24, 2.45) is 12.5 Å². The maximum atomic E-state index is 13.1. The van der Waals surface area contributed by atoms with Gasteiger partial charge in [-0.15, -0.1) is 0 Å². The van der Waals surface area contributed by atoms with E-state index in [-0.39, 0.29) is 11.1 Å². The zero-order chi connectivity index (χ0) is 21.3. The van der Waals surface area contributed by atoms with Gasteiger partial charge in [-0.3, -0.25) is 4.79 Å². The van der Waals surface area contributed by atoms with Gasteiger partial charge in [-0.05, 0) is 49.4 Å². The van der Waals surface area contributed by atoms with Crippen molar-refractivity contribution in [2.45, 2.75) is 19.3 Å². The lowest BCUT2D eigenvalue weighted by Crippen LogP contribution is -2.42. The topological polar surface area (TPSA) is 73.5 Å². The Morgan fingerprint density at radius 1 is 1.30 bits per heavy atom. The quantitative estimate of drug-likeness (QED) is 0.815. The van der Waals surface area contributed by atoms with Gasteiger partial charge in [-0.1, -0.05) is 0 Å². The first-order valence-corrected chi connectivity index (χ1v) is 10.7. The largest absolute Gasteiger partial charge is 0.383 e. The van der Waals surface area contributed by atoms with Crippen LogP contribution in [0, 0.1) is 16.7 Å². The van der Waals surface area contributed by atoms with Crippen molar-refractivity contribution in [1.82, 2.24) is 9.88 Å². The van der Waals surface area contributed by atoms with E-state index in [1.54, 1.807) is 18.7 Å². The summed E-state index contributed by atoms with van der Waals surface area (Å²) >= 11 is 0. The molecule has 2 aromatic rings. The van der Waals surface area contributed by atoms with Crippen molar-refractivity contribution < 1.29 is 4.74 Å². The summed E-state index contributed by atoms with van der Waals surface area (Å²) in [6.07, 6.45) is 3.42. The number of nitrogens with zero attached hydrogens (tertiary/aromatic N) is 4. The van der Waals surface area contributed by atoms with Crippen LogP contribution >= 0.6 is 0 Å². The summed E-state index contributed by atoms with van der Waals surface area (Å²) in [4.78, 5) is 17.4. The lowest BCUT2D eigenvalue weighted by molar-refractivity contribution is 0.206. The second-order valence-electron chi connectivity index (χ2n) is 8.73. The number of aromatic nitrogens is 1. The van der Waals surface area contributed by atoms with Crippen LogP contribution in [-0.2, 0) is 11.8 Å². The lowest BCUT2D eigenvalue weighted by atomic mass is 9.77. The summed E-state index contributed by atoms with van der Waals surface area (Å²) in [6, 6.07) is 8.38. The number of hydrogen-bond donors (Lipinski definition) is 1. The van der Waals surface area contributed by atoms with Gasteiger partial charge < -0.3 is 24.4 Å². The molecule has 1 aromatic carbocycles. The molecule has 1 N–H and O–H groups in total. The Hall–Kier alpha value is -2.56. The molecule has 1 aromatic heterocycles. The SMILES string of the molecule is COCCN(C)c1ccc2c(N3CCC4(CCNC4)CC3)c(C#N)c(=O)n(C)c2c1. The molecule has 0 unspecified atom stereocenters. The van der Waals surface area contributed by atoms with Gasteiger partial charge in [-0.25, -0.2) is 0 Å². The fraction of sp³-hybridized carbons (Fsp3) is 0.565. The number of likely N-dealkylation sites (N-methyl/N-ethyl adjacent to an activating group) is 1. The van der Waals surface area contributed by atoms with Crippen molar-refractivity contribution in [3.05, 3.63) is 34.1 Å². The highest BCUT2D eigenvalue weighted by molar-refractivity contribution is 5.96. The number of methoxy groups -OCH3 is 1. The van der Waals surface area contributed by atoms with E-state index in [9.17, 15) is 10.1 Å². The maximum absolute atomic E-state index is 13.1. The summed E-state index contributed by atoms with van der Waals surface area (Å²) in [5, 5.41) is 14.3. The molecule has 0 bridgehead atoms. The third-order valence-corrected chi connectivity index (χ3v) is 7.01. The number of rotatable bonds is 5. The van der Waals surface area contributed by atoms with E-state index < -0.39 is 0 Å². The molecule has 0 atom stereocenters. The number of benzene rings is 1.